The van der Waals surface area contributed by atoms with E-state index in [9.17, 15) is 9.59 Å². The van der Waals surface area contributed by atoms with Gasteiger partial charge < -0.3 is 19.9 Å². The van der Waals surface area contributed by atoms with Crippen molar-refractivity contribution in [1.82, 2.24) is 10.2 Å². The fourth-order valence-corrected chi connectivity index (χ4v) is 3.71. The summed E-state index contributed by atoms with van der Waals surface area (Å²) in [5.74, 6) is 0.0882. The maximum atomic E-state index is 12.4. The van der Waals surface area contributed by atoms with Gasteiger partial charge in [-0.2, -0.15) is 0 Å². The van der Waals surface area contributed by atoms with Crippen molar-refractivity contribution in [2.45, 2.75) is 39.3 Å². The molecule has 1 fully saturated rings. The van der Waals surface area contributed by atoms with Crippen LogP contribution in [0.2, 0.25) is 0 Å². The van der Waals surface area contributed by atoms with Crippen LogP contribution in [0, 0.1) is 0 Å². The second-order valence-corrected chi connectivity index (χ2v) is 8.62. The highest BCUT2D eigenvalue weighted by Crippen LogP contribution is 2.17. The van der Waals surface area contributed by atoms with Crippen molar-refractivity contribution >= 4 is 22.8 Å². The van der Waals surface area contributed by atoms with Crippen molar-refractivity contribution in [1.29, 1.82) is 0 Å². The molecule has 6 nitrogen and oxygen atoms in total. The Morgan fingerprint density at radius 3 is 2.48 bits per heavy atom. The minimum Gasteiger partial charge on any atom is -0.444 e. The smallest absolute Gasteiger partial charge is 0.407 e. The molecule has 1 aliphatic heterocycles. The van der Waals surface area contributed by atoms with Gasteiger partial charge in [0, 0.05) is 18.5 Å². The van der Waals surface area contributed by atoms with Crippen LogP contribution in [0.3, 0.4) is 0 Å². The third-order valence-corrected chi connectivity index (χ3v) is 5.15. The van der Waals surface area contributed by atoms with Crippen LogP contribution in [0.5, 0.6) is 0 Å². The number of fused-ring (bicyclic) bond motifs is 1. The first-order valence-corrected chi connectivity index (χ1v) is 10.4. The molecule has 0 aromatic heterocycles. The van der Waals surface area contributed by atoms with Gasteiger partial charge in [-0.25, -0.2) is 4.79 Å². The molecule has 2 N–H and O–H groups in total. The van der Waals surface area contributed by atoms with Gasteiger partial charge in [-0.15, -0.1) is 0 Å². The summed E-state index contributed by atoms with van der Waals surface area (Å²) < 4.78 is 5.19. The second-order valence-electron chi connectivity index (χ2n) is 8.62. The molecule has 6 heteroatoms. The van der Waals surface area contributed by atoms with Crippen LogP contribution in [0.15, 0.2) is 42.5 Å². The fraction of sp³-hybridized carbons (Fsp3) is 0.478. The first-order valence-electron chi connectivity index (χ1n) is 10.4. The second kappa shape index (κ2) is 9.27. The molecule has 1 heterocycles. The Balaban J connectivity index is 1.43. The van der Waals surface area contributed by atoms with Crippen LogP contribution >= 0.6 is 0 Å². The molecule has 3 rings (SSSR count). The molecule has 0 unspecified atom stereocenters. The lowest BCUT2D eigenvalue weighted by Crippen LogP contribution is -3.13. The van der Waals surface area contributed by atoms with E-state index in [1.807, 2.05) is 25.7 Å². The molecule has 29 heavy (non-hydrogen) atoms. The number of amides is 2. The van der Waals surface area contributed by atoms with Gasteiger partial charge in [0.2, 0.25) is 5.91 Å². The van der Waals surface area contributed by atoms with Gasteiger partial charge in [0.15, 0.2) is 0 Å². The summed E-state index contributed by atoms with van der Waals surface area (Å²) in [4.78, 5) is 27.5. The number of rotatable bonds is 5. The summed E-state index contributed by atoms with van der Waals surface area (Å²) in [7, 11) is 0. The Kier molecular flexibility index (Phi) is 6.75. The minimum atomic E-state index is -0.530. The molecule has 0 bridgehead atoms. The van der Waals surface area contributed by atoms with E-state index in [0.29, 0.717) is 13.0 Å². The zero-order valence-corrected chi connectivity index (χ0v) is 17.7. The number of nitrogens with one attached hydrogen (secondary N) is 2. The van der Waals surface area contributed by atoms with Crippen molar-refractivity contribution in [3.05, 3.63) is 48.0 Å². The zero-order chi connectivity index (χ0) is 20.9. The quantitative estimate of drug-likeness (QED) is 0.810. The normalized spacial score (nSPS) is 15.3. The van der Waals surface area contributed by atoms with Crippen molar-refractivity contribution in [3.63, 3.8) is 0 Å². The predicted molar refractivity (Wildman–Crippen MR) is 114 cm³/mol. The van der Waals surface area contributed by atoms with Gasteiger partial charge in [0.25, 0.3) is 0 Å². The summed E-state index contributed by atoms with van der Waals surface area (Å²) in [5.41, 5.74) is 0.830. The number of quaternary nitrogens is 1. The number of ether oxygens (including phenoxy) is 1. The van der Waals surface area contributed by atoms with Crippen LogP contribution in [0.4, 0.5) is 4.79 Å². The van der Waals surface area contributed by atoms with E-state index in [-0.39, 0.29) is 5.91 Å². The third kappa shape index (κ3) is 6.19. The molecule has 1 saturated heterocycles. The van der Waals surface area contributed by atoms with Crippen molar-refractivity contribution in [2.24, 2.45) is 0 Å². The molecular weight excluding hydrogens is 366 g/mol. The standard InChI is InChI=1S/C23H31N3O3/c1-23(2,3)29-22(28)24-12-11-21(27)26-15-13-25(14-16-26)17-19-9-6-8-18-7-4-5-10-20(18)19/h4-10H,11-17H2,1-3H3,(H,24,28)/p+1. The summed E-state index contributed by atoms with van der Waals surface area (Å²) >= 11 is 0. The topological polar surface area (TPSA) is 63.1 Å². The summed E-state index contributed by atoms with van der Waals surface area (Å²) in [6.07, 6.45) is -0.174. The zero-order valence-electron chi connectivity index (χ0n) is 17.7. The van der Waals surface area contributed by atoms with Crippen molar-refractivity contribution < 1.29 is 19.2 Å². The average molecular weight is 399 g/mol. The highest BCUT2D eigenvalue weighted by molar-refractivity contribution is 5.85. The molecule has 156 valence electrons. The summed E-state index contributed by atoms with van der Waals surface area (Å²) in [5, 5.41) is 5.24. The van der Waals surface area contributed by atoms with E-state index in [1.54, 1.807) is 0 Å². The molecule has 0 radical (unpaired) electrons. The number of hydrogen-bond donors (Lipinski definition) is 2. The maximum absolute atomic E-state index is 12.4. The van der Waals surface area contributed by atoms with E-state index in [0.717, 1.165) is 32.7 Å². The molecule has 0 aliphatic carbocycles. The number of carbonyl (C=O) groups is 2. The number of piperazine rings is 1. The lowest BCUT2D eigenvalue weighted by atomic mass is 10.0. The minimum absolute atomic E-state index is 0.0882. The fourth-order valence-electron chi connectivity index (χ4n) is 3.71. The highest BCUT2D eigenvalue weighted by Gasteiger charge is 2.24. The number of alkyl carbamates (subject to hydrolysis) is 1. The summed E-state index contributed by atoms with van der Waals surface area (Å²) in [6, 6.07) is 15.0. The number of nitrogens with zero attached hydrogens (tertiary/aromatic N) is 1. The number of carbonyl (C=O) groups excluding carboxylic acids is 2. The van der Waals surface area contributed by atoms with Gasteiger partial charge >= 0.3 is 6.09 Å². The molecule has 2 aromatic rings. The van der Waals surface area contributed by atoms with Gasteiger partial charge in [-0.05, 0) is 31.5 Å². The van der Waals surface area contributed by atoms with Crippen molar-refractivity contribution in [3.8, 4) is 0 Å². The van der Waals surface area contributed by atoms with E-state index in [4.69, 9.17) is 4.74 Å². The lowest BCUT2D eigenvalue weighted by molar-refractivity contribution is -0.917. The Labute approximate surface area is 172 Å². The van der Waals surface area contributed by atoms with Gasteiger partial charge in [0.1, 0.15) is 12.1 Å². The van der Waals surface area contributed by atoms with Gasteiger partial charge in [0.05, 0.1) is 26.2 Å². The van der Waals surface area contributed by atoms with E-state index in [2.05, 4.69) is 47.8 Å². The summed E-state index contributed by atoms with van der Waals surface area (Å²) in [6.45, 7) is 10.1. The SMILES string of the molecule is CC(C)(C)OC(=O)NCCC(=O)N1CC[NH+](Cc2cccc3ccccc23)CC1. The molecule has 2 amide bonds. The van der Waals surface area contributed by atoms with E-state index in [1.165, 1.54) is 21.2 Å². The number of hydrogen-bond acceptors (Lipinski definition) is 3. The van der Waals surface area contributed by atoms with Crippen LogP contribution in [-0.4, -0.2) is 55.2 Å². The predicted octanol–water partition coefficient (Wildman–Crippen LogP) is 1.98. The van der Waals surface area contributed by atoms with Crippen LogP contribution in [-0.2, 0) is 16.1 Å². The highest BCUT2D eigenvalue weighted by atomic mass is 16.6. The molecule has 1 aliphatic rings. The molecule has 2 aromatic carbocycles. The maximum Gasteiger partial charge on any atom is 0.407 e. The van der Waals surface area contributed by atoms with Crippen LogP contribution < -0.4 is 10.2 Å². The number of benzene rings is 2. The Morgan fingerprint density at radius 1 is 1.07 bits per heavy atom. The van der Waals surface area contributed by atoms with Crippen LogP contribution in [0.1, 0.15) is 32.8 Å². The monoisotopic (exact) mass is 398 g/mol. The third-order valence-electron chi connectivity index (χ3n) is 5.15. The van der Waals surface area contributed by atoms with Crippen LogP contribution in [0.25, 0.3) is 10.8 Å². The Bertz CT molecular complexity index is 847. The first-order chi connectivity index (χ1) is 13.8. The molecule has 0 saturated carbocycles. The van der Waals surface area contributed by atoms with E-state index < -0.39 is 11.7 Å². The Hall–Kier alpha value is -2.60. The van der Waals surface area contributed by atoms with Gasteiger partial charge in [-0.1, -0.05) is 42.5 Å². The lowest BCUT2D eigenvalue weighted by Gasteiger charge is -2.32. The molecule has 0 atom stereocenters. The molecule has 0 spiro atoms. The largest absolute Gasteiger partial charge is 0.444 e. The average Bonchev–Trinajstić information content (AvgIpc) is 2.67. The first kappa shape index (κ1) is 21.1. The van der Waals surface area contributed by atoms with Crippen molar-refractivity contribution in [2.75, 3.05) is 32.7 Å². The van der Waals surface area contributed by atoms with Gasteiger partial charge in [-0.3, -0.25) is 4.79 Å². The molecular formula is C23H32N3O3+. The van der Waals surface area contributed by atoms with E-state index >= 15 is 0 Å². The Morgan fingerprint density at radius 2 is 1.76 bits per heavy atom.